The maximum absolute atomic E-state index is 13.7. The maximum Gasteiger partial charge on any atom is 0.405 e. The zero-order chi connectivity index (χ0) is 21.4. The van der Waals surface area contributed by atoms with Crippen molar-refractivity contribution in [3.63, 3.8) is 0 Å². The van der Waals surface area contributed by atoms with Crippen LogP contribution in [0.3, 0.4) is 0 Å². The highest BCUT2D eigenvalue weighted by Crippen LogP contribution is 2.32. The lowest BCUT2D eigenvalue weighted by Gasteiger charge is -2.22. The van der Waals surface area contributed by atoms with Crippen LogP contribution in [0.2, 0.25) is 0 Å². The number of hydrogen-bond acceptors (Lipinski definition) is 4. The van der Waals surface area contributed by atoms with Crippen LogP contribution in [0, 0.1) is 18.8 Å². The van der Waals surface area contributed by atoms with Crippen molar-refractivity contribution in [2.24, 2.45) is 5.18 Å². The Morgan fingerprint density at radius 2 is 1.86 bits per heavy atom. The van der Waals surface area contributed by atoms with E-state index in [1.165, 1.54) is 25.3 Å². The number of benzene rings is 2. The van der Waals surface area contributed by atoms with Gasteiger partial charge in [-0.3, -0.25) is 0 Å². The normalized spacial score (nSPS) is 13.6. The second-order valence-electron chi connectivity index (χ2n) is 6.80. The lowest BCUT2D eigenvalue weighted by molar-refractivity contribution is -0.150. The summed E-state index contributed by atoms with van der Waals surface area (Å²) in [6.45, 7) is 3.03. The Morgan fingerprint density at radius 3 is 2.52 bits per heavy atom. The van der Waals surface area contributed by atoms with E-state index in [2.05, 4.69) is 10.2 Å². The number of sulfonamides is 1. The number of rotatable bonds is 6. The molecule has 1 aromatic heterocycles. The van der Waals surface area contributed by atoms with E-state index in [9.17, 15) is 26.5 Å². The summed E-state index contributed by atoms with van der Waals surface area (Å²) in [7, 11) is -4.66. The van der Waals surface area contributed by atoms with Gasteiger partial charge in [0.2, 0.25) is 10.0 Å². The van der Waals surface area contributed by atoms with Gasteiger partial charge in [-0.15, -0.1) is 4.91 Å². The quantitative estimate of drug-likeness (QED) is 0.564. The number of para-hydroxylation sites is 1. The molecule has 154 valence electrons. The molecule has 0 aliphatic rings. The third-order valence-corrected chi connectivity index (χ3v) is 6.22. The van der Waals surface area contributed by atoms with Gasteiger partial charge in [0, 0.05) is 17.1 Å². The van der Waals surface area contributed by atoms with Crippen molar-refractivity contribution < 1.29 is 21.6 Å². The van der Waals surface area contributed by atoms with Gasteiger partial charge < -0.3 is 4.98 Å². The third kappa shape index (κ3) is 4.33. The Morgan fingerprint density at radius 1 is 1.17 bits per heavy atom. The summed E-state index contributed by atoms with van der Waals surface area (Å²) in [5.74, 6) is 0. The van der Waals surface area contributed by atoms with Crippen LogP contribution in [0.1, 0.15) is 16.7 Å². The van der Waals surface area contributed by atoms with Crippen molar-refractivity contribution in [3.05, 3.63) is 64.2 Å². The molecular weight excluding hydrogens is 407 g/mol. The molecular formula is C19H18F3N3O3S. The standard InChI is InChI=1S/C19H18F3N3O3S/c1-11-7-12(2)18(16(8-11)24-26)29(27,28)25-17(19(20,21)22)9-13-10-23-15-6-4-3-5-14(13)15/h3-8,10,17,23,25H,9H2,1-2H3. The van der Waals surface area contributed by atoms with Crippen LogP contribution < -0.4 is 4.72 Å². The average Bonchev–Trinajstić information content (AvgIpc) is 3.02. The van der Waals surface area contributed by atoms with Gasteiger partial charge in [-0.1, -0.05) is 24.3 Å². The first-order valence-electron chi connectivity index (χ1n) is 8.61. The van der Waals surface area contributed by atoms with Gasteiger partial charge in [-0.05, 0) is 54.3 Å². The SMILES string of the molecule is Cc1cc(C)c(S(=O)(=O)NC(Cc2c[nH]c3ccccc23)C(F)(F)F)c(N=O)c1. The molecule has 1 heterocycles. The Kier molecular flexibility index (Phi) is 5.50. The van der Waals surface area contributed by atoms with E-state index >= 15 is 0 Å². The first-order chi connectivity index (χ1) is 13.5. The van der Waals surface area contributed by atoms with Gasteiger partial charge in [0.25, 0.3) is 0 Å². The van der Waals surface area contributed by atoms with Crippen molar-refractivity contribution in [2.45, 2.75) is 37.4 Å². The van der Waals surface area contributed by atoms with Gasteiger partial charge >= 0.3 is 6.18 Å². The summed E-state index contributed by atoms with van der Waals surface area (Å²) in [6, 6.07) is 7.09. The van der Waals surface area contributed by atoms with E-state index in [-0.39, 0.29) is 5.56 Å². The topological polar surface area (TPSA) is 91.4 Å². The summed E-state index contributed by atoms with van der Waals surface area (Å²) in [4.78, 5) is 13.4. The number of aromatic amines is 1. The van der Waals surface area contributed by atoms with Gasteiger partial charge in [0.15, 0.2) is 0 Å². The number of alkyl halides is 3. The average molecular weight is 425 g/mol. The Hall–Kier alpha value is -2.72. The first kappa shape index (κ1) is 21.0. The van der Waals surface area contributed by atoms with Crippen LogP contribution in [-0.4, -0.2) is 25.6 Å². The van der Waals surface area contributed by atoms with E-state index in [0.717, 1.165) is 0 Å². The van der Waals surface area contributed by atoms with Crippen molar-refractivity contribution in [1.82, 2.24) is 9.71 Å². The molecule has 0 saturated carbocycles. The molecule has 0 radical (unpaired) electrons. The summed E-state index contributed by atoms with van der Waals surface area (Å²) < 4.78 is 68.3. The molecule has 3 aromatic rings. The first-order valence-corrected chi connectivity index (χ1v) is 10.1. The zero-order valence-electron chi connectivity index (χ0n) is 15.5. The molecule has 0 aliphatic heterocycles. The number of nitrogens with zero attached hydrogens (tertiary/aromatic N) is 1. The van der Waals surface area contributed by atoms with Crippen molar-refractivity contribution >= 4 is 26.6 Å². The van der Waals surface area contributed by atoms with E-state index in [1.807, 2.05) is 0 Å². The van der Waals surface area contributed by atoms with E-state index in [1.54, 1.807) is 35.9 Å². The third-order valence-electron chi connectivity index (χ3n) is 4.56. The molecule has 10 heteroatoms. The zero-order valence-corrected chi connectivity index (χ0v) is 16.4. The molecule has 0 bridgehead atoms. The van der Waals surface area contributed by atoms with Crippen molar-refractivity contribution in [1.29, 1.82) is 0 Å². The van der Waals surface area contributed by atoms with Crippen LogP contribution in [0.15, 0.2) is 52.7 Å². The van der Waals surface area contributed by atoms with Crippen LogP contribution in [0.25, 0.3) is 10.9 Å². The molecule has 0 amide bonds. The van der Waals surface area contributed by atoms with Gasteiger partial charge in [0.05, 0.1) is 0 Å². The molecule has 0 aliphatic carbocycles. The number of fused-ring (bicyclic) bond motifs is 1. The molecule has 0 saturated heterocycles. The molecule has 2 N–H and O–H groups in total. The summed E-state index contributed by atoms with van der Waals surface area (Å²) in [5, 5.41) is 3.26. The number of aryl methyl sites for hydroxylation is 2. The number of nitroso groups, excluding NO2 is 1. The van der Waals surface area contributed by atoms with Crippen molar-refractivity contribution in [2.75, 3.05) is 0 Å². The fourth-order valence-corrected chi connectivity index (χ4v) is 4.90. The summed E-state index contributed by atoms with van der Waals surface area (Å²) in [5.41, 5.74) is 1.25. The Labute approximate surface area is 165 Å². The monoisotopic (exact) mass is 425 g/mol. The predicted octanol–water partition coefficient (Wildman–Crippen LogP) is 4.63. The lowest BCUT2D eigenvalue weighted by atomic mass is 10.1. The van der Waals surface area contributed by atoms with E-state index < -0.39 is 39.2 Å². The molecule has 6 nitrogen and oxygen atoms in total. The van der Waals surface area contributed by atoms with Crippen LogP contribution in [0.4, 0.5) is 18.9 Å². The van der Waals surface area contributed by atoms with E-state index in [0.29, 0.717) is 22.0 Å². The smallest absolute Gasteiger partial charge is 0.361 e. The minimum absolute atomic E-state index is 0.139. The second kappa shape index (κ2) is 7.60. The van der Waals surface area contributed by atoms with Gasteiger partial charge in [0.1, 0.15) is 16.6 Å². The van der Waals surface area contributed by atoms with Crippen molar-refractivity contribution in [3.8, 4) is 0 Å². The van der Waals surface area contributed by atoms with Crippen LogP contribution in [-0.2, 0) is 16.4 Å². The summed E-state index contributed by atoms with van der Waals surface area (Å²) >= 11 is 0. The highest BCUT2D eigenvalue weighted by molar-refractivity contribution is 7.89. The predicted molar refractivity (Wildman–Crippen MR) is 104 cm³/mol. The van der Waals surface area contributed by atoms with Gasteiger partial charge in [-0.2, -0.15) is 17.9 Å². The Balaban J connectivity index is 2.00. The largest absolute Gasteiger partial charge is 0.405 e. The summed E-state index contributed by atoms with van der Waals surface area (Å²) in [6.07, 6.45) is -4.03. The fourth-order valence-electron chi connectivity index (χ4n) is 3.34. The number of aromatic nitrogens is 1. The highest BCUT2D eigenvalue weighted by atomic mass is 32.2. The maximum atomic E-state index is 13.7. The number of H-pyrrole nitrogens is 1. The van der Waals surface area contributed by atoms with Crippen LogP contribution >= 0.6 is 0 Å². The molecule has 2 aromatic carbocycles. The van der Waals surface area contributed by atoms with Crippen LogP contribution in [0.5, 0.6) is 0 Å². The number of nitrogens with one attached hydrogen (secondary N) is 2. The molecule has 1 atom stereocenters. The minimum atomic E-state index is -4.85. The molecule has 1 unspecified atom stereocenters. The molecule has 3 rings (SSSR count). The van der Waals surface area contributed by atoms with E-state index in [4.69, 9.17) is 0 Å². The molecule has 0 spiro atoms. The second-order valence-corrected chi connectivity index (χ2v) is 8.45. The number of halogens is 3. The fraction of sp³-hybridized carbons (Fsp3) is 0.263. The molecule has 29 heavy (non-hydrogen) atoms. The lowest BCUT2D eigenvalue weighted by Crippen LogP contribution is -2.46. The number of hydrogen-bond donors (Lipinski definition) is 2. The highest BCUT2D eigenvalue weighted by Gasteiger charge is 2.43. The minimum Gasteiger partial charge on any atom is -0.361 e. The Bertz CT molecular complexity index is 1170. The van der Waals surface area contributed by atoms with Gasteiger partial charge in [-0.25, -0.2) is 8.42 Å². The molecule has 0 fully saturated rings.